The van der Waals surface area contributed by atoms with E-state index >= 15 is 0 Å². The molecular weight excluding hydrogens is 420 g/mol. The molecule has 2 heterocycles. The molecule has 2 N–H and O–H groups in total. The van der Waals surface area contributed by atoms with Gasteiger partial charge < -0.3 is 15.2 Å². The van der Waals surface area contributed by atoms with Crippen molar-refractivity contribution < 1.29 is 14.1 Å². The maximum atomic E-state index is 12.2. The number of aromatic nitrogens is 2. The summed E-state index contributed by atoms with van der Waals surface area (Å²) in [6, 6.07) is 5.31. The minimum Gasteiger partial charge on any atom is -0.346 e. The minimum atomic E-state index is -0.288. The number of nitrogens with one attached hydrogen (secondary N) is 2. The Morgan fingerprint density at radius 3 is 2.55 bits per heavy atom. The standard InChI is InChI=1S/C21H29ClN6O3/c1-14(2)21-25-20(31-26-21)13-28-9-7-27(8-10-28)12-19(30)23-11-18(29)24-17-6-4-5-16(22)15(17)3/h4-6,14H,7-13H2,1-3H3,(H,23,30)(H,24,29). The molecule has 2 amide bonds. The van der Waals surface area contributed by atoms with E-state index in [1.165, 1.54) is 0 Å². The van der Waals surface area contributed by atoms with Crippen LogP contribution in [-0.2, 0) is 16.1 Å². The first-order chi connectivity index (χ1) is 14.8. The second-order valence-corrected chi connectivity index (χ2v) is 8.40. The maximum Gasteiger partial charge on any atom is 0.243 e. The van der Waals surface area contributed by atoms with Crippen molar-refractivity contribution in [3.8, 4) is 0 Å². The first-order valence-electron chi connectivity index (χ1n) is 10.4. The van der Waals surface area contributed by atoms with E-state index in [-0.39, 0.29) is 30.8 Å². The van der Waals surface area contributed by atoms with Gasteiger partial charge in [-0.05, 0) is 24.6 Å². The van der Waals surface area contributed by atoms with Crippen molar-refractivity contribution in [2.45, 2.75) is 33.2 Å². The SMILES string of the molecule is Cc1c(Cl)cccc1NC(=O)CNC(=O)CN1CCN(Cc2nc(C(C)C)no2)CC1. The smallest absolute Gasteiger partial charge is 0.243 e. The molecule has 0 unspecified atom stereocenters. The summed E-state index contributed by atoms with van der Waals surface area (Å²) in [5.41, 5.74) is 1.44. The van der Waals surface area contributed by atoms with Crippen molar-refractivity contribution in [1.82, 2.24) is 25.3 Å². The van der Waals surface area contributed by atoms with Crippen LogP contribution in [-0.4, -0.2) is 71.0 Å². The molecule has 168 valence electrons. The summed E-state index contributed by atoms with van der Waals surface area (Å²) in [4.78, 5) is 33.1. The maximum absolute atomic E-state index is 12.2. The number of carbonyl (C=O) groups is 2. The normalized spacial score (nSPS) is 15.3. The Balaban J connectivity index is 1.35. The molecule has 1 aliphatic heterocycles. The summed E-state index contributed by atoms with van der Waals surface area (Å²) in [5, 5.41) is 10.0. The topological polar surface area (TPSA) is 104 Å². The molecule has 9 nitrogen and oxygen atoms in total. The van der Waals surface area contributed by atoms with Gasteiger partial charge in [-0.3, -0.25) is 19.4 Å². The number of benzene rings is 1. The highest BCUT2D eigenvalue weighted by Crippen LogP contribution is 2.22. The fourth-order valence-corrected chi connectivity index (χ4v) is 3.41. The summed E-state index contributed by atoms with van der Waals surface area (Å²) >= 11 is 6.06. The Kier molecular flexibility index (Phi) is 8.00. The van der Waals surface area contributed by atoms with Crippen LogP contribution in [0.4, 0.5) is 5.69 Å². The molecule has 0 saturated carbocycles. The quantitative estimate of drug-likeness (QED) is 0.636. The fourth-order valence-electron chi connectivity index (χ4n) is 3.24. The molecule has 1 aromatic heterocycles. The summed E-state index contributed by atoms with van der Waals surface area (Å²) in [6.07, 6.45) is 0. The van der Waals surface area contributed by atoms with Crippen LogP contribution in [0.25, 0.3) is 0 Å². The van der Waals surface area contributed by atoms with Crippen molar-refractivity contribution in [3.63, 3.8) is 0 Å². The van der Waals surface area contributed by atoms with E-state index in [0.717, 1.165) is 37.6 Å². The number of carbonyl (C=O) groups excluding carboxylic acids is 2. The number of amides is 2. The molecule has 2 aromatic rings. The molecule has 31 heavy (non-hydrogen) atoms. The van der Waals surface area contributed by atoms with Crippen LogP contribution < -0.4 is 10.6 Å². The molecule has 3 rings (SSSR count). The molecular formula is C21H29ClN6O3. The third kappa shape index (κ3) is 6.75. The highest BCUT2D eigenvalue weighted by molar-refractivity contribution is 6.31. The van der Waals surface area contributed by atoms with E-state index in [4.69, 9.17) is 16.1 Å². The van der Waals surface area contributed by atoms with Gasteiger partial charge in [0.15, 0.2) is 5.82 Å². The highest BCUT2D eigenvalue weighted by Gasteiger charge is 2.21. The zero-order valence-electron chi connectivity index (χ0n) is 18.2. The number of nitrogens with zero attached hydrogens (tertiary/aromatic N) is 4. The van der Waals surface area contributed by atoms with E-state index in [0.29, 0.717) is 23.1 Å². The van der Waals surface area contributed by atoms with E-state index in [9.17, 15) is 9.59 Å². The lowest BCUT2D eigenvalue weighted by molar-refractivity contribution is -0.125. The molecule has 0 aliphatic carbocycles. The zero-order valence-corrected chi connectivity index (χ0v) is 18.9. The van der Waals surface area contributed by atoms with E-state index in [2.05, 4.69) is 30.6 Å². The van der Waals surface area contributed by atoms with Crippen molar-refractivity contribution in [2.75, 3.05) is 44.6 Å². The molecule has 1 saturated heterocycles. The van der Waals surface area contributed by atoms with Crippen molar-refractivity contribution in [2.24, 2.45) is 0 Å². The van der Waals surface area contributed by atoms with Crippen LogP contribution in [0.2, 0.25) is 5.02 Å². The second-order valence-electron chi connectivity index (χ2n) is 7.99. The Bertz CT molecular complexity index is 908. The van der Waals surface area contributed by atoms with Crippen LogP contribution >= 0.6 is 11.6 Å². The third-order valence-electron chi connectivity index (χ3n) is 5.18. The Morgan fingerprint density at radius 1 is 1.16 bits per heavy atom. The van der Waals surface area contributed by atoms with Gasteiger partial charge in [0.25, 0.3) is 0 Å². The van der Waals surface area contributed by atoms with Gasteiger partial charge in [-0.15, -0.1) is 0 Å². The van der Waals surface area contributed by atoms with Gasteiger partial charge in [0, 0.05) is 42.8 Å². The zero-order chi connectivity index (χ0) is 22.4. The molecule has 0 radical (unpaired) electrons. The number of piperazine rings is 1. The van der Waals surface area contributed by atoms with Gasteiger partial charge in [-0.1, -0.05) is 36.7 Å². The van der Waals surface area contributed by atoms with E-state index in [1.54, 1.807) is 18.2 Å². The van der Waals surface area contributed by atoms with Crippen molar-refractivity contribution in [1.29, 1.82) is 0 Å². The lowest BCUT2D eigenvalue weighted by Crippen LogP contribution is -2.49. The minimum absolute atomic E-state index is 0.0832. The van der Waals surface area contributed by atoms with Crippen LogP contribution in [0.3, 0.4) is 0 Å². The third-order valence-corrected chi connectivity index (χ3v) is 5.59. The molecule has 0 atom stereocenters. The second kappa shape index (κ2) is 10.7. The number of hydrogen-bond donors (Lipinski definition) is 2. The summed E-state index contributed by atoms with van der Waals surface area (Å²) in [5.74, 6) is 1.12. The van der Waals surface area contributed by atoms with Crippen molar-refractivity contribution in [3.05, 3.63) is 40.5 Å². The van der Waals surface area contributed by atoms with Crippen molar-refractivity contribution >= 4 is 29.1 Å². The monoisotopic (exact) mass is 448 g/mol. The predicted molar refractivity (Wildman–Crippen MR) is 118 cm³/mol. The van der Waals surface area contributed by atoms with E-state index in [1.807, 2.05) is 20.8 Å². The first-order valence-corrected chi connectivity index (χ1v) is 10.8. The summed E-state index contributed by atoms with van der Waals surface area (Å²) in [7, 11) is 0. The van der Waals surface area contributed by atoms with Crippen LogP contribution in [0, 0.1) is 6.92 Å². The van der Waals surface area contributed by atoms with Crippen LogP contribution in [0.5, 0.6) is 0 Å². The number of anilines is 1. The Hall–Kier alpha value is -2.49. The van der Waals surface area contributed by atoms with E-state index < -0.39 is 0 Å². The molecule has 1 aromatic carbocycles. The first kappa shape index (κ1) is 23.2. The Labute approximate surface area is 187 Å². The van der Waals surface area contributed by atoms with Gasteiger partial charge in [0.05, 0.1) is 19.6 Å². The number of halogens is 1. The lowest BCUT2D eigenvalue weighted by atomic mass is 10.2. The van der Waals surface area contributed by atoms with Gasteiger partial charge in [0.1, 0.15) is 0 Å². The molecule has 0 bridgehead atoms. The lowest BCUT2D eigenvalue weighted by Gasteiger charge is -2.33. The molecule has 1 aliphatic rings. The Morgan fingerprint density at radius 2 is 1.87 bits per heavy atom. The predicted octanol–water partition coefficient (Wildman–Crippen LogP) is 2.03. The van der Waals surface area contributed by atoms with Crippen LogP contribution in [0.15, 0.2) is 22.7 Å². The summed E-state index contributed by atoms with van der Waals surface area (Å²) < 4.78 is 5.31. The highest BCUT2D eigenvalue weighted by atomic mass is 35.5. The molecule has 0 spiro atoms. The number of hydrogen-bond acceptors (Lipinski definition) is 7. The summed E-state index contributed by atoms with van der Waals surface area (Å²) in [6.45, 7) is 9.80. The van der Waals surface area contributed by atoms with Gasteiger partial charge in [-0.2, -0.15) is 4.98 Å². The van der Waals surface area contributed by atoms with Crippen LogP contribution in [0.1, 0.15) is 37.0 Å². The fraction of sp³-hybridized carbons (Fsp3) is 0.524. The average molecular weight is 449 g/mol. The largest absolute Gasteiger partial charge is 0.346 e. The average Bonchev–Trinajstić information content (AvgIpc) is 3.20. The van der Waals surface area contributed by atoms with Gasteiger partial charge in [0.2, 0.25) is 17.7 Å². The van der Waals surface area contributed by atoms with Gasteiger partial charge >= 0.3 is 0 Å². The molecule has 1 fully saturated rings. The number of rotatable bonds is 8. The molecule has 10 heteroatoms. The van der Waals surface area contributed by atoms with Gasteiger partial charge in [-0.25, -0.2) is 0 Å².